The van der Waals surface area contributed by atoms with Crippen LogP contribution in [0.15, 0.2) is 24.3 Å². The molecule has 0 radical (unpaired) electrons. The van der Waals surface area contributed by atoms with Crippen molar-refractivity contribution in [1.82, 2.24) is 4.90 Å². The fraction of sp³-hybridized carbons (Fsp3) is 0.435. The molecule has 0 fully saturated rings. The van der Waals surface area contributed by atoms with Crippen LogP contribution in [0.5, 0.6) is 5.75 Å². The molecule has 1 aromatic heterocycles. The van der Waals surface area contributed by atoms with Gasteiger partial charge in [0.2, 0.25) is 11.8 Å². The predicted molar refractivity (Wildman–Crippen MR) is 125 cm³/mol. The molecule has 1 unspecified atom stereocenters. The molecule has 0 bridgehead atoms. The lowest BCUT2D eigenvalue weighted by Crippen LogP contribution is -2.36. The van der Waals surface area contributed by atoms with Crippen molar-refractivity contribution in [1.29, 1.82) is 0 Å². The van der Waals surface area contributed by atoms with Crippen LogP contribution >= 0.6 is 11.3 Å². The van der Waals surface area contributed by atoms with Crippen molar-refractivity contribution >= 4 is 39.8 Å². The highest BCUT2D eigenvalue weighted by Crippen LogP contribution is 2.40. The van der Waals surface area contributed by atoms with Gasteiger partial charge in [-0.2, -0.15) is 0 Å². The smallest absolute Gasteiger partial charge is 0.341 e. The van der Waals surface area contributed by atoms with Crippen LogP contribution in [0.25, 0.3) is 0 Å². The summed E-state index contributed by atoms with van der Waals surface area (Å²) in [4.78, 5) is 40.1. The van der Waals surface area contributed by atoms with Crippen LogP contribution < -0.4 is 15.4 Å². The summed E-state index contributed by atoms with van der Waals surface area (Å²) in [6, 6.07) is 7.06. The zero-order valence-electron chi connectivity index (χ0n) is 18.8. The average molecular weight is 460 g/mol. The topological polar surface area (TPSA) is 97.0 Å². The zero-order chi connectivity index (χ0) is 23.3. The Hall–Kier alpha value is -2.91. The van der Waals surface area contributed by atoms with E-state index < -0.39 is 5.97 Å². The highest BCUT2D eigenvalue weighted by atomic mass is 32.1. The molecule has 1 heterocycles. The van der Waals surface area contributed by atoms with Crippen LogP contribution in [0, 0.1) is 5.92 Å². The van der Waals surface area contributed by atoms with Gasteiger partial charge in [-0.3, -0.25) is 14.5 Å². The molecule has 1 aliphatic rings. The molecular weight excluding hydrogens is 430 g/mol. The van der Waals surface area contributed by atoms with Gasteiger partial charge < -0.3 is 20.1 Å². The summed E-state index contributed by atoms with van der Waals surface area (Å²) in [5.41, 5.74) is 2.07. The molecule has 9 heteroatoms. The normalized spacial score (nSPS) is 15.1. The first-order chi connectivity index (χ1) is 15.3. The largest absolute Gasteiger partial charge is 0.497 e. The molecule has 3 rings (SSSR count). The highest BCUT2D eigenvalue weighted by Gasteiger charge is 2.29. The number of methoxy groups -OCH3 is 2. The second-order valence-corrected chi connectivity index (χ2v) is 9.15. The molecule has 0 spiro atoms. The van der Waals surface area contributed by atoms with Gasteiger partial charge in [0.15, 0.2) is 0 Å². The van der Waals surface area contributed by atoms with E-state index in [2.05, 4.69) is 17.6 Å². The van der Waals surface area contributed by atoms with Crippen LogP contribution in [-0.4, -0.2) is 57.0 Å². The van der Waals surface area contributed by atoms with Gasteiger partial charge in [0.1, 0.15) is 10.8 Å². The van der Waals surface area contributed by atoms with Gasteiger partial charge >= 0.3 is 5.97 Å². The maximum absolute atomic E-state index is 12.6. The third-order valence-corrected chi connectivity index (χ3v) is 6.50. The van der Waals surface area contributed by atoms with E-state index in [0.717, 1.165) is 29.7 Å². The molecular formula is C23H29N3O5S. The van der Waals surface area contributed by atoms with Crippen LogP contribution in [-0.2, 0) is 27.2 Å². The number of ether oxygens (including phenoxy) is 2. The molecule has 32 heavy (non-hydrogen) atoms. The summed E-state index contributed by atoms with van der Waals surface area (Å²) in [6.07, 6.45) is 2.70. The van der Waals surface area contributed by atoms with E-state index in [-0.39, 0.29) is 24.9 Å². The minimum absolute atomic E-state index is 0.00507. The number of nitrogens with zero attached hydrogens (tertiary/aromatic N) is 1. The minimum atomic E-state index is -0.432. The van der Waals surface area contributed by atoms with Gasteiger partial charge in [-0.1, -0.05) is 13.0 Å². The molecule has 0 saturated carbocycles. The molecule has 1 aliphatic carbocycles. The lowest BCUT2D eigenvalue weighted by molar-refractivity contribution is -0.119. The fourth-order valence-corrected chi connectivity index (χ4v) is 5.19. The summed E-state index contributed by atoms with van der Waals surface area (Å²) in [5.74, 6) is 0.218. The Balaban J connectivity index is 1.60. The Labute approximate surface area is 191 Å². The average Bonchev–Trinajstić information content (AvgIpc) is 3.09. The van der Waals surface area contributed by atoms with Crippen LogP contribution in [0.3, 0.4) is 0 Å². The summed E-state index contributed by atoms with van der Waals surface area (Å²) >= 11 is 1.44. The van der Waals surface area contributed by atoms with E-state index in [0.29, 0.717) is 27.9 Å². The van der Waals surface area contributed by atoms with Crippen molar-refractivity contribution in [3.63, 3.8) is 0 Å². The molecule has 1 atom stereocenters. The molecule has 8 nitrogen and oxygen atoms in total. The van der Waals surface area contributed by atoms with Crippen molar-refractivity contribution in [3.8, 4) is 5.75 Å². The lowest BCUT2D eigenvalue weighted by atomic mass is 9.88. The fourth-order valence-electron chi connectivity index (χ4n) is 3.77. The van der Waals surface area contributed by atoms with E-state index in [1.165, 1.54) is 18.4 Å². The van der Waals surface area contributed by atoms with Crippen molar-refractivity contribution < 1.29 is 23.9 Å². The SMILES string of the molecule is COC(=O)c1c(NC(=O)CN(C)CC(=O)Nc2cccc(OC)c2)sc2c1CCC(C)C2. The van der Waals surface area contributed by atoms with E-state index in [4.69, 9.17) is 9.47 Å². The van der Waals surface area contributed by atoms with Crippen molar-refractivity contribution in [2.75, 3.05) is 45.0 Å². The number of carbonyl (C=O) groups is 3. The molecule has 0 saturated heterocycles. The van der Waals surface area contributed by atoms with Gasteiger partial charge in [0.25, 0.3) is 0 Å². The highest BCUT2D eigenvalue weighted by molar-refractivity contribution is 7.17. The standard InChI is InChI=1S/C23H29N3O5S/c1-14-8-9-17-18(10-14)32-22(21(17)23(29)31-4)25-20(28)13-26(2)12-19(27)24-15-6-5-7-16(11-15)30-3/h5-7,11,14H,8-10,12-13H2,1-4H3,(H,24,27)(H,25,28). The number of esters is 1. The lowest BCUT2D eigenvalue weighted by Gasteiger charge is -2.18. The first-order valence-corrected chi connectivity index (χ1v) is 11.3. The number of hydrogen-bond acceptors (Lipinski definition) is 7. The third-order valence-electron chi connectivity index (χ3n) is 5.33. The van der Waals surface area contributed by atoms with Gasteiger partial charge in [0, 0.05) is 16.6 Å². The van der Waals surface area contributed by atoms with Crippen LogP contribution in [0.2, 0.25) is 0 Å². The second-order valence-electron chi connectivity index (χ2n) is 8.05. The Morgan fingerprint density at radius 2 is 1.88 bits per heavy atom. The maximum atomic E-state index is 12.6. The number of amides is 2. The zero-order valence-corrected chi connectivity index (χ0v) is 19.6. The minimum Gasteiger partial charge on any atom is -0.497 e. The quantitative estimate of drug-likeness (QED) is 0.589. The molecule has 172 valence electrons. The number of rotatable bonds is 8. The Morgan fingerprint density at radius 3 is 2.56 bits per heavy atom. The number of carbonyl (C=O) groups excluding carboxylic acids is 3. The van der Waals surface area contributed by atoms with Gasteiger partial charge in [-0.25, -0.2) is 4.79 Å². The second kappa shape index (κ2) is 10.6. The molecule has 2 N–H and O–H groups in total. The van der Waals surface area contributed by atoms with Crippen molar-refractivity contribution in [2.24, 2.45) is 5.92 Å². The third kappa shape index (κ3) is 5.86. The summed E-state index contributed by atoms with van der Waals surface area (Å²) < 4.78 is 10.1. The number of fused-ring (bicyclic) bond motifs is 1. The van der Waals surface area contributed by atoms with E-state index >= 15 is 0 Å². The Bertz CT molecular complexity index is 1000. The summed E-state index contributed by atoms with van der Waals surface area (Å²) in [7, 11) is 4.59. The Kier molecular flexibility index (Phi) is 7.87. The molecule has 0 aliphatic heterocycles. The molecule has 1 aromatic carbocycles. The maximum Gasteiger partial charge on any atom is 0.341 e. The number of anilines is 2. The van der Waals surface area contributed by atoms with Gasteiger partial charge in [0.05, 0.1) is 32.9 Å². The summed E-state index contributed by atoms with van der Waals surface area (Å²) in [5, 5.41) is 6.17. The number of nitrogens with one attached hydrogen (secondary N) is 2. The summed E-state index contributed by atoms with van der Waals surface area (Å²) in [6.45, 7) is 2.22. The Morgan fingerprint density at radius 1 is 1.16 bits per heavy atom. The van der Waals surface area contributed by atoms with Gasteiger partial charge in [-0.15, -0.1) is 11.3 Å². The first-order valence-electron chi connectivity index (χ1n) is 10.5. The number of likely N-dealkylation sites (N-methyl/N-ethyl adjacent to an activating group) is 1. The van der Waals surface area contributed by atoms with Crippen LogP contribution in [0.4, 0.5) is 10.7 Å². The van der Waals surface area contributed by atoms with Gasteiger partial charge in [-0.05, 0) is 49.9 Å². The van der Waals surface area contributed by atoms with Crippen LogP contribution in [0.1, 0.15) is 34.1 Å². The first kappa shape index (κ1) is 23.7. The molecule has 2 aromatic rings. The van der Waals surface area contributed by atoms with Crippen molar-refractivity contribution in [2.45, 2.75) is 26.2 Å². The number of thiophene rings is 1. The van der Waals surface area contributed by atoms with Crippen molar-refractivity contribution in [3.05, 3.63) is 40.3 Å². The van der Waals surface area contributed by atoms with E-state index in [1.807, 2.05) is 0 Å². The number of hydrogen-bond donors (Lipinski definition) is 2. The monoisotopic (exact) mass is 459 g/mol. The van der Waals surface area contributed by atoms with E-state index in [9.17, 15) is 14.4 Å². The van der Waals surface area contributed by atoms with E-state index in [1.54, 1.807) is 43.3 Å². The molecule has 2 amide bonds. The predicted octanol–water partition coefficient (Wildman–Crippen LogP) is 3.18. The number of benzene rings is 1.